The maximum atomic E-state index is 12.2. The Bertz CT molecular complexity index is 662. The van der Waals surface area contributed by atoms with E-state index < -0.39 is 0 Å². The minimum atomic E-state index is -0.386. The second-order valence-electron chi connectivity index (χ2n) is 5.04. The first-order valence-corrected chi connectivity index (χ1v) is 6.82. The minimum absolute atomic E-state index is 0.103. The third-order valence-corrected chi connectivity index (χ3v) is 3.36. The second kappa shape index (κ2) is 5.47. The van der Waals surface area contributed by atoms with Gasteiger partial charge in [-0.1, -0.05) is 6.07 Å². The predicted octanol–water partition coefficient (Wildman–Crippen LogP) is 2.17. The molecule has 3 rings (SSSR count). The van der Waals surface area contributed by atoms with Crippen LogP contribution in [0.25, 0.3) is 0 Å². The number of nitrogen functional groups attached to an aromatic ring is 1. The normalized spacial score (nSPS) is 14.0. The molecule has 2 aromatic rings. The standard InChI is InChI=1S/C15H17N3O3/c1-20-14-4-2-3-11(17-14)9-21-15(19)13-7-10(16)8-18(13)12-5-6-12/h2-4,7-8,12H,5-6,9,16H2,1H3. The van der Waals surface area contributed by atoms with Gasteiger partial charge >= 0.3 is 5.97 Å². The van der Waals surface area contributed by atoms with E-state index in [2.05, 4.69) is 4.98 Å². The Morgan fingerprint density at radius 1 is 1.48 bits per heavy atom. The van der Waals surface area contributed by atoms with Crippen molar-refractivity contribution in [1.82, 2.24) is 9.55 Å². The van der Waals surface area contributed by atoms with E-state index in [0.29, 0.717) is 29.0 Å². The lowest BCUT2D eigenvalue weighted by Crippen LogP contribution is -2.11. The van der Waals surface area contributed by atoms with Crippen molar-refractivity contribution in [3.8, 4) is 5.88 Å². The molecular formula is C15H17N3O3. The van der Waals surface area contributed by atoms with Gasteiger partial charge < -0.3 is 19.8 Å². The van der Waals surface area contributed by atoms with Gasteiger partial charge in [0.15, 0.2) is 0 Å². The van der Waals surface area contributed by atoms with Crippen LogP contribution >= 0.6 is 0 Å². The molecular weight excluding hydrogens is 270 g/mol. The molecule has 0 aromatic carbocycles. The number of anilines is 1. The van der Waals surface area contributed by atoms with Gasteiger partial charge in [-0.25, -0.2) is 9.78 Å². The fourth-order valence-corrected chi connectivity index (χ4v) is 2.18. The van der Waals surface area contributed by atoms with Crippen molar-refractivity contribution in [2.75, 3.05) is 12.8 Å². The molecule has 2 aromatic heterocycles. The first-order chi connectivity index (χ1) is 10.2. The number of esters is 1. The second-order valence-corrected chi connectivity index (χ2v) is 5.04. The molecule has 6 nitrogen and oxygen atoms in total. The number of carbonyl (C=O) groups excluding carboxylic acids is 1. The Labute approximate surface area is 122 Å². The molecule has 0 aliphatic heterocycles. The van der Waals surface area contributed by atoms with Gasteiger partial charge in [-0.3, -0.25) is 0 Å². The monoisotopic (exact) mass is 287 g/mol. The average Bonchev–Trinajstić information content (AvgIpc) is 3.27. The number of ether oxygens (including phenoxy) is 2. The Morgan fingerprint density at radius 2 is 2.29 bits per heavy atom. The van der Waals surface area contributed by atoms with Gasteiger partial charge in [-0.05, 0) is 25.0 Å². The van der Waals surface area contributed by atoms with Crippen molar-refractivity contribution in [3.05, 3.63) is 41.9 Å². The number of carbonyl (C=O) groups is 1. The highest BCUT2D eigenvalue weighted by Gasteiger charge is 2.28. The molecule has 1 aliphatic rings. The van der Waals surface area contributed by atoms with Crippen molar-refractivity contribution in [2.45, 2.75) is 25.5 Å². The largest absolute Gasteiger partial charge is 0.481 e. The maximum absolute atomic E-state index is 12.2. The number of aromatic nitrogens is 2. The zero-order chi connectivity index (χ0) is 14.8. The molecule has 0 bridgehead atoms. The molecule has 110 valence electrons. The van der Waals surface area contributed by atoms with E-state index in [0.717, 1.165) is 12.8 Å². The molecule has 1 fully saturated rings. The molecule has 0 atom stereocenters. The van der Waals surface area contributed by atoms with Crippen LogP contribution in [0.15, 0.2) is 30.5 Å². The minimum Gasteiger partial charge on any atom is -0.481 e. The summed E-state index contributed by atoms with van der Waals surface area (Å²) in [6, 6.07) is 7.35. The zero-order valence-corrected chi connectivity index (χ0v) is 11.8. The summed E-state index contributed by atoms with van der Waals surface area (Å²) >= 11 is 0. The number of rotatable bonds is 5. The summed E-state index contributed by atoms with van der Waals surface area (Å²) in [5.74, 6) is 0.109. The van der Waals surface area contributed by atoms with E-state index in [1.165, 1.54) is 0 Å². The molecule has 0 amide bonds. The van der Waals surface area contributed by atoms with Gasteiger partial charge in [-0.15, -0.1) is 0 Å². The molecule has 0 unspecified atom stereocenters. The average molecular weight is 287 g/mol. The van der Waals surface area contributed by atoms with Gasteiger partial charge in [0.1, 0.15) is 12.3 Å². The van der Waals surface area contributed by atoms with Crippen LogP contribution in [0, 0.1) is 0 Å². The molecule has 1 saturated carbocycles. The van der Waals surface area contributed by atoms with Crippen molar-refractivity contribution in [1.29, 1.82) is 0 Å². The van der Waals surface area contributed by atoms with Crippen LogP contribution < -0.4 is 10.5 Å². The Hall–Kier alpha value is -2.50. The van der Waals surface area contributed by atoms with E-state index in [9.17, 15) is 4.79 Å². The topological polar surface area (TPSA) is 79.4 Å². The molecule has 0 saturated heterocycles. The number of nitrogens with zero attached hydrogens (tertiary/aromatic N) is 2. The lowest BCUT2D eigenvalue weighted by Gasteiger charge is -2.08. The molecule has 2 N–H and O–H groups in total. The molecule has 6 heteroatoms. The number of methoxy groups -OCH3 is 1. The van der Waals surface area contributed by atoms with Crippen LogP contribution in [0.1, 0.15) is 35.1 Å². The SMILES string of the molecule is COc1cccc(COC(=O)c2cc(N)cn2C2CC2)n1. The Kier molecular flexibility index (Phi) is 3.51. The van der Waals surface area contributed by atoms with E-state index in [1.807, 2.05) is 4.57 Å². The number of pyridine rings is 1. The number of nitrogens with two attached hydrogens (primary N) is 1. The molecule has 0 spiro atoms. The van der Waals surface area contributed by atoms with Crippen LogP contribution in [0.2, 0.25) is 0 Å². The molecule has 2 heterocycles. The fourth-order valence-electron chi connectivity index (χ4n) is 2.18. The lowest BCUT2D eigenvalue weighted by atomic mass is 10.3. The highest BCUT2D eigenvalue weighted by molar-refractivity contribution is 5.89. The third kappa shape index (κ3) is 2.99. The van der Waals surface area contributed by atoms with Gasteiger partial charge in [0.25, 0.3) is 0 Å². The summed E-state index contributed by atoms with van der Waals surface area (Å²) in [6.07, 6.45) is 3.94. The van der Waals surface area contributed by atoms with Crippen LogP contribution in [0.5, 0.6) is 5.88 Å². The van der Waals surface area contributed by atoms with Gasteiger partial charge in [0.2, 0.25) is 5.88 Å². The van der Waals surface area contributed by atoms with E-state index in [-0.39, 0.29) is 12.6 Å². The Morgan fingerprint density at radius 3 is 3.00 bits per heavy atom. The van der Waals surface area contributed by atoms with Crippen molar-refractivity contribution in [3.63, 3.8) is 0 Å². The van der Waals surface area contributed by atoms with Gasteiger partial charge in [0, 0.05) is 18.3 Å². The smallest absolute Gasteiger partial charge is 0.355 e. The van der Waals surface area contributed by atoms with Crippen LogP contribution in [0.3, 0.4) is 0 Å². The van der Waals surface area contributed by atoms with Crippen molar-refractivity contribution in [2.24, 2.45) is 0 Å². The molecule has 0 radical (unpaired) electrons. The Balaban J connectivity index is 1.69. The first kappa shape index (κ1) is 13.5. The summed E-state index contributed by atoms with van der Waals surface area (Å²) in [7, 11) is 1.55. The molecule has 21 heavy (non-hydrogen) atoms. The summed E-state index contributed by atoms with van der Waals surface area (Å²) in [5.41, 5.74) is 7.48. The van der Waals surface area contributed by atoms with Gasteiger partial charge in [-0.2, -0.15) is 0 Å². The van der Waals surface area contributed by atoms with Crippen LogP contribution in [0.4, 0.5) is 5.69 Å². The highest BCUT2D eigenvalue weighted by Crippen LogP contribution is 2.37. The van der Waals surface area contributed by atoms with E-state index >= 15 is 0 Å². The van der Waals surface area contributed by atoms with Crippen LogP contribution in [-0.4, -0.2) is 22.6 Å². The van der Waals surface area contributed by atoms with Crippen molar-refractivity contribution >= 4 is 11.7 Å². The first-order valence-electron chi connectivity index (χ1n) is 6.82. The maximum Gasteiger partial charge on any atom is 0.355 e. The van der Waals surface area contributed by atoms with Crippen molar-refractivity contribution < 1.29 is 14.3 Å². The van der Waals surface area contributed by atoms with Crippen LogP contribution in [-0.2, 0) is 11.3 Å². The van der Waals surface area contributed by atoms with Gasteiger partial charge in [0.05, 0.1) is 18.5 Å². The predicted molar refractivity (Wildman–Crippen MR) is 77.0 cm³/mol. The quantitative estimate of drug-likeness (QED) is 0.852. The summed E-state index contributed by atoms with van der Waals surface area (Å²) in [5, 5.41) is 0. The lowest BCUT2D eigenvalue weighted by molar-refractivity contribution is 0.0454. The summed E-state index contributed by atoms with van der Waals surface area (Å²) < 4.78 is 12.2. The summed E-state index contributed by atoms with van der Waals surface area (Å²) in [6.45, 7) is 0.103. The third-order valence-electron chi connectivity index (χ3n) is 3.36. The highest BCUT2D eigenvalue weighted by atomic mass is 16.5. The number of hydrogen-bond donors (Lipinski definition) is 1. The molecule has 1 aliphatic carbocycles. The van der Waals surface area contributed by atoms with E-state index in [1.54, 1.807) is 37.6 Å². The van der Waals surface area contributed by atoms with E-state index in [4.69, 9.17) is 15.2 Å². The zero-order valence-electron chi connectivity index (χ0n) is 11.8. The fraction of sp³-hybridized carbons (Fsp3) is 0.333. The number of hydrogen-bond acceptors (Lipinski definition) is 5. The summed E-state index contributed by atoms with van der Waals surface area (Å²) in [4.78, 5) is 16.4.